The van der Waals surface area contributed by atoms with Gasteiger partial charge in [0.1, 0.15) is 0 Å². The predicted molar refractivity (Wildman–Crippen MR) is 67.0 cm³/mol. The lowest BCUT2D eigenvalue weighted by Crippen LogP contribution is -2.32. The quantitative estimate of drug-likeness (QED) is 0.728. The van der Waals surface area contributed by atoms with Gasteiger partial charge in [0.15, 0.2) is 0 Å². The van der Waals surface area contributed by atoms with Gasteiger partial charge in [0.25, 0.3) is 0 Å². The number of carbonyl (C=O) groups excluding carboxylic acids is 1. The van der Waals surface area contributed by atoms with Crippen LogP contribution in [0.5, 0.6) is 0 Å². The predicted octanol–water partition coefficient (Wildman–Crippen LogP) is 2.06. The summed E-state index contributed by atoms with van der Waals surface area (Å²) >= 11 is 0. The van der Waals surface area contributed by atoms with Crippen molar-refractivity contribution in [3.8, 4) is 0 Å². The van der Waals surface area contributed by atoms with Gasteiger partial charge in [-0.2, -0.15) is 0 Å². The van der Waals surface area contributed by atoms with E-state index in [2.05, 4.69) is 12.2 Å². The number of hydrogen-bond acceptors (Lipinski definition) is 2. The summed E-state index contributed by atoms with van der Waals surface area (Å²) in [7, 11) is 0. The van der Waals surface area contributed by atoms with E-state index in [0.29, 0.717) is 18.9 Å². The molecule has 1 unspecified atom stereocenters. The van der Waals surface area contributed by atoms with Crippen molar-refractivity contribution in [2.75, 3.05) is 13.1 Å². The Kier molecular flexibility index (Phi) is 6.46. The van der Waals surface area contributed by atoms with E-state index in [4.69, 9.17) is 5.73 Å². The fourth-order valence-electron chi connectivity index (χ4n) is 2.38. The molecule has 1 atom stereocenters. The zero-order valence-corrected chi connectivity index (χ0v) is 10.5. The molecule has 1 saturated carbocycles. The molecule has 0 heterocycles. The molecular formula is C13H26N2O. The molecule has 0 bridgehead atoms. The van der Waals surface area contributed by atoms with E-state index in [1.54, 1.807) is 0 Å². The van der Waals surface area contributed by atoms with E-state index in [0.717, 1.165) is 18.9 Å². The zero-order valence-electron chi connectivity index (χ0n) is 10.5. The maximum atomic E-state index is 11.6. The average Bonchev–Trinajstić information content (AvgIpc) is 2.34. The minimum atomic E-state index is 0.183. The molecule has 3 N–H and O–H groups in total. The first-order valence-electron chi connectivity index (χ1n) is 6.73. The number of carbonyl (C=O) groups is 1. The Morgan fingerprint density at radius 2 is 2.06 bits per heavy atom. The number of amides is 1. The van der Waals surface area contributed by atoms with Crippen LogP contribution in [-0.2, 0) is 4.79 Å². The Balaban J connectivity index is 2.13. The van der Waals surface area contributed by atoms with Gasteiger partial charge in [-0.25, -0.2) is 0 Å². The normalized spacial score (nSPS) is 19.4. The first kappa shape index (κ1) is 13.5. The molecule has 0 aromatic carbocycles. The summed E-state index contributed by atoms with van der Waals surface area (Å²) < 4.78 is 0. The highest BCUT2D eigenvalue weighted by Crippen LogP contribution is 2.22. The summed E-state index contributed by atoms with van der Waals surface area (Å²) in [5, 5.41) is 3.06. The van der Waals surface area contributed by atoms with Gasteiger partial charge in [0.2, 0.25) is 5.91 Å². The Labute approximate surface area is 99.2 Å². The molecule has 94 valence electrons. The molecule has 3 heteroatoms. The first-order chi connectivity index (χ1) is 7.76. The number of nitrogens with two attached hydrogens (primary N) is 1. The molecule has 16 heavy (non-hydrogen) atoms. The average molecular weight is 226 g/mol. The highest BCUT2D eigenvalue weighted by atomic mass is 16.1. The summed E-state index contributed by atoms with van der Waals surface area (Å²) in [5.74, 6) is 1.25. The van der Waals surface area contributed by atoms with E-state index in [-0.39, 0.29) is 5.91 Å². The highest BCUT2D eigenvalue weighted by molar-refractivity contribution is 5.76. The monoisotopic (exact) mass is 226 g/mol. The molecule has 1 aliphatic carbocycles. The van der Waals surface area contributed by atoms with E-state index in [9.17, 15) is 4.79 Å². The van der Waals surface area contributed by atoms with Crippen LogP contribution >= 0.6 is 0 Å². The third-order valence-electron chi connectivity index (χ3n) is 3.70. The van der Waals surface area contributed by atoms with Crippen LogP contribution in [0.4, 0.5) is 0 Å². The maximum Gasteiger partial charge on any atom is 0.220 e. The number of nitrogens with one attached hydrogen (secondary N) is 1. The van der Waals surface area contributed by atoms with E-state index >= 15 is 0 Å². The maximum absolute atomic E-state index is 11.6. The molecule has 0 aliphatic heterocycles. The SMILES string of the molecule is CCC(CN)CC(=O)NCC1CCCCC1. The van der Waals surface area contributed by atoms with Crippen molar-refractivity contribution < 1.29 is 4.79 Å². The Morgan fingerprint density at radius 3 is 2.62 bits per heavy atom. The number of rotatable bonds is 6. The molecule has 1 amide bonds. The lowest BCUT2D eigenvalue weighted by molar-refractivity contribution is -0.122. The summed E-state index contributed by atoms with van der Waals surface area (Å²) in [6.45, 7) is 3.58. The van der Waals surface area contributed by atoms with E-state index < -0.39 is 0 Å². The Morgan fingerprint density at radius 1 is 1.38 bits per heavy atom. The second kappa shape index (κ2) is 7.66. The van der Waals surface area contributed by atoms with Crippen molar-refractivity contribution in [3.05, 3.63) is 0 Å². The van der Waals surface area contributed by atoms with Crippen molar-refractivity contribution >= 4 is 5.91 Å². The third kappa shape index (κ3) is 4.97. The zero-order chi connectivity index (χ0) is 11.8. The largest absolute Gasteiger partial charge is 0.356 e. The summed E-state index contributed by atoms with van der Waals surface area (Å²) in [6.07, 6.45) is 8.20. The van der Waals surface area contributed by atoms with Gasteiger partial charge in [0.05, 0.1) is 0 Å². The summed E-state index contributed by atoms with van der Waals surface area (Å²) in [4.78, 5) is 11.6. The van der Waals surface area contributed by atoms with Crippen molar-refractivity contribution in [1.82, 2.24) is 5.32 Å². The Hall–Kier alpha value is -0.570. The molecule has 0 aromatic rings. The first-order valence-corrected chi connectivity index (χ1v) is 6.73. The molecule has 0 spiro atoms. The second-order valence-electron chi connectivity index (χ2n) is 5.02. The minimum absolute atomic E-state index is 0.183. The second-order valence-corrected chi connectivity index (χ2v) is 5.02. The topological polar surface area (TPSA) is 55.1 Å². The van der Waals surface area contributed by atoms with Crippen LogP contribution in [0.3, 0.4) is 0 Å². The van der Waals surface area contributed by atoms with Gasteiger partial charge in [-0.05, 0) is 31.2 Å². The minimum Gasteiger partial charge on any atom is -0.356 e. The molecular weight excluding hydrogens is 200 g/mol. The van der Waals surface area contributed by atoms with Crippen LogP contribution in [0.2, 0.25) is 0 Å². The lowest BCUT2D eigenvalue weighted by Gasteiger charge is -2.22. The van der Waals surface area contributed by atoms with E-state index in [1.807, 2.05) is 0 Å². The fraction of sp³-hybridized carbons (Fsp3) is 0.923. The highest BCUT2D eigenvalue weighted by Gasteiger charge is 2.15. The fourth-order valence-corrected chi connectivity index (χ4v) is 2.38. The van der Waals surface area contributed by atoms with Gasteiger partial charge >= 0.3 is 0 Å². The van der Waals surface area contributed by atoms with Crippen molar-refractivity contribution in [3.63, 3.8) is 0 Å². The summed E-state index contributed by atoms with van der Waals surface area (Å²) in [5.41, 5.74) is 5.59. The summed E-state index contributed by atoms with van der Waals surface area (Å²) in [6, 6.07) is 0. The third-order valence-corrected chi connectivity index (χ3v) is 3.70. The molecule has 0 aromatic heterocycles. The van der Waals surface area contributed by atoms with Crippen molar-refractivity contribution in [2.24, 2.45) is 17.6 Å². The van der Waals surface area contributed by atoms with Crippen molar-refractivity contribution in [2.45, 2.75) is 51.9 Å². The van der Waals surface area contributed by atoms with Gasteiger partial charge in [-0.1, -0.05) is 32.6 Å². The van der Waals surface area contributed by atoms with Crippen LogP contribution in [0.25, 0.3) is 0 Å². The molecule has 1 aliphatic rings. The van der Waals surface area contributed by atoms with Crippen LogP contribution in [-0.4, -0.2) is 19.0 Å². The van der Waals surface area contributed by atoms with Crippen molar-refractivity contribution in [1.29, 1.82) is 0 Å². The Bertz CT molecular complexity index is 196. The molecule has 1 rings (SSSR count). The number of hydrogen-bond donors (Lipinski definition) is 2. The van der Waals surface area contributed by atoms with E-state index in [1.165, 1.54) is 32.1 Å². The molecule has 0 radical (unpaired) electrons. The smallest absolute Gasteiger partial charge is 0.220 e. The van der Waals surface area contributed by atoms with Gasteiger partial charge < -0.3 is 11.1 Å². The van der Waals surface area contributed by atoms with Gasteiger partial charge in [0, 0.05) is 13.0 Å². The van der Waals surface area contributed by atoms with Crippen LogP contribution in [0, 0.1) is 11.8 Å². The van der Waals surface area contributed by atoms with Gasteiger partial charge in [-0.3, -0.25) is 4.79 Å². The molecule has 1 fully saturated rings. The van der Waals surface area contributed by atoms with Crippen LogP contribution < -0.4 is 11.1 Å². The lowest BCUT2D eigenvalue weighted by atomic mass is 9.89. The van der Waals surface area contributed by atoms with Crippen LogP contribution in [0.1, 0.15) is 51.9 Å². The van der Waals surface area contributed by atoms with Crippen LogP contribution in [0.15, 0.2) is 0 Å². The molecule has 3 nitrogen and oxygen atoms in total. The standard InChI is InChI=1S/C13H26N2O/c1-2-11(9-14)8-13(16)15-10-12-6-4-3-5-7-12/h11-12H,2-10,14H2,1H3,(H,15,16). The molecule has 0 saturated heterocycles. The van der Waals surface area contributed by atoms with Gasteiger partial charge in [-0.15, -0.1) is 0 Å².